The third-order valence-corrected chi connectivity index (χ3v) is 3.46. The Morgan fingerprint density at radius 1 is 1.50 bits per heavy atom. The molecule has 1 aromatic carbocycles. The average Bonchev–Trinajstić information content (AvgIpc) is 2.38. The van der Waals surface area contributed by atoms with Crippen LogP contribution < -0.4 is 5.32 Å². The molecular weight excluding hydrogens is 286 g/mol. The highest BCUT2D eigenvalue weighted by molar-refractivity contribution is 6.31. The maximum atomic E-state index is 11.2. The van der Waals surface area contributed by atoms with Gasteiger partial charge in [0.2, 0.25) is 0 Å². The highest BCUT2D eigenvalue weighted by Gasteiger charge is 2.28. The average molecular weight is 300 g/mol. The molecule has 0 radical (unpaired) electrons. The maximum absolute atomic E-state index is 11.2. The highest BCUT2D eigenvalue weighted by atomic mass is 35.5. The number of hydrogen-bond acceptors (Lipinski definition) is 4. The summed E-state index contributed by atoms with van der Waals surface area (Å²) < 4.78 is 0. The van der Waals surface area contributed by atoms with E-state index in [1.54, 1.807) is 0 Å². The number of rotatable bonds is 3. The fourth-order valence-corrected chi connectivity index (χ4v) is 2.45. The molecule has 1 saturated heterocycles. The van der Waals surface area contributed by atoms with Gasteiger partial charge in [-0.2, -0.15) is 0 Å². The van der Waals surface area contributed by atoms with Crippen LogP contribution in [0.3, 0.4) is 0 Å². The zero-order valence-electron chi connectivity index (χ0n) is 10.6. The molecule has 1 amide bonds. The second-order valence-corrected chi connectivity index (χ2v) is 4.99. The highest BCUT2D eigenvalue weighted by Crippen LogP contribution is 2.30. The first-order chi connectivity index (χ1) is 9.49. The van der Waals surface area contributed by atoms with Crippen molar-refractivity contribution in [2.45, 2.75) is 25.4 Å². The number of carbonyl (C=O) groups is 1. The normalized spacial score (nSPS) is 18.6. The molecule has 0 spiro atoms. The SMILES string of the molecule is O=C(O)N1CCCCC1Nc1cc(Cl)ccc1[N+](=O)[O-]. The zero-order valence-corrected chi connectivity index (χ0v) is 11.3. The van der Waals surface area contributed by atoms with Crippen molar-refractivity contribution in [2.75, 3.05) is 11.9 Å². The van der Waals surface area contributed by atoms with E-state index in [2.05, 4.69) is 5.32 Å². The van der Waals surface area contributed by atoms with Gasteiger partial charge in [-0.1, -0.05) is 11.6 Å². The van der Waals surface area contributed by atoms with E-state index in [-0.39, 0.29) is 11.4 Å². The lowest BCUT2D eigenvalue weighted by molar-refractivity contribution is -0.384. The number of amides is 1. The fraction of sp³-hybridized carbons (Fsp3) is 0.417. The van der Waals surface area contributed by atoms with Crippen molar-refractivity contribution in [3.63, 3.8) is 0 Å². The Kier molecular flexibility index (Phi) is 4.29. The fourth-order valence-electron chi connectivity index (χ4n) is 2.27. The minimum atomic E-state index is -1.04. The van der Waals surface area contributed by atoms with E-state index >= 15 is 0 Å². The molecule has 0 aromatic heterocycles. The van der Waals surface area contributed by atoms with E-state index < -0.39 is 17.2 Å². The number of halogens is 1. The van der Waals surface area contributed by atoms with Crippen LogP contribution in [0.2, 0.25) is 5.02 Å². The topological polar surface area (TPSA) is 95.7 Å². The number of piperidine rings is 1. The predicted molar refractivity (Wildman–Crippen MR) is 74.1 cm³/mol. The molecule has 1 fully saturated rings. The van der Waals surface area contributed by atoms with Crippen LogP contribution in [0.1, 0.15) is 19.3 Å². The number of nitrogens with zero attached hydrogens (tertiary/aromatic N) is 2. The van der Waals surface area contributed by atoms with Gasteiger partial charge in [-0.15, -0.1) is 0 Å². The Hall–Kier alpha value is -2.02. The molecule has 1 atom stereocenters. The summed E-state index contributed by atoms with van der Waals surface area (Å²) in [6, 6.07) is 4.17. The smallest absolute Gasteiger partial charge is 0.408 e. The molecule has 0 aliphatic carbocycles. The van der Waals surface area contributed by atoms with Crippen molar-refractivity contribution >= 4 is 29.1 Å². The number of benzene rings is 1. The molecule has 1 heterocycles. The van der Waals surface area contributed by atoms with Gasteiger partial charge < -0.3 is 10.4 Å². The molecule has 1 aliphatic rings. The van der Waals surface area contributed by atoms with Crippen molar-refractivity contribution in [2.24, 2.45) is 0 Å². The number of nitro groups is 1. The van der Waals surface area contributed by atoms with Gasteiger partial charge in [-0.25, -0.2) is 4.79 Å². The summed E-state index contributed by atoms with van der Waals surface area (Å²) in [5.74, 6) is 0. The van der Waals surface area contributed by atoms with Gasteiger partial charge in [0, 0.05) is 17.6 Å². The van der Waals surface area contributed by atoms with Crippen LogP contribution in [0.4, 0.5) is 16.2 Å². The predicted octanol–water partition coefficient (Wildman–Crippen LogP) is 3.15. The van der Waals surface area contributed by atoms with Crippen molar-refractivity contribution in [1.82, 2.24) is 4.90 Å². The molecule has 0 saturated carbocycles. The van der Waals surface area contributed by atoms with Gasteiger partial charge in [0.05, 0.1) is 4.92 Å². The number of nitrogens with one attached hydrogen (secondary N) is 1. The van der Waals surface area contributed by atoms with E-state index in [1.807, 2.05) is 0 Å². The van der Waals surface area contributed by atoms with Gasteiger partial charge in [-0.3, -0.25) is 15.0 Å². The van der Waals surface area contributed by atoms with Crippen molar-refractivity contribution < 1.29 is 14.8 Å². The summed E-state index contributed by atoms with van der Waals surface area (Å²) in [5.41, 5.74) is 0.117. The molecule has 108 valence electrons. The van der Waals surface area contributed by atoms with Crippen LogP contribution in [0.15, 0.2) is 18.2 Å². The Morgan fingerprint density at radius 3 is 2.90 bits per heavy atom. The molecule has 1 aliphatic heterocycles. The maximum Gasteiger partial charge on any atom is 0.408 e. The number of hydrogen-bond donors (Lipinski definition) is 2. The van der Waals surface area contributed by atoms with E-state index in [9.17, 15) is 14.9 Å². The van der Waals surface area contributed by atoms with Gasteiger partial charge in [0.1, 0.15) is 11.9 Å². The monoisotopic (exact) mass is 299 g/mol. The lowest BCUT2D eigenvalue weighted by atomic mass is 10.1. The molecule has 1 unspecified atom stereocenters. The Bertz CT molecular complexity index is 537. The molecular formula is C12H14ClN3O4. The number of carboxylic acid groups (broad SMARTS) is 1. The quantitative estimate of drug-likeness (QED) is 0.660. The van der Waals surface area contributed by atoms with Crippen LogP contribution in [0.25, 0.3) is 0 Å². The molecule has 7 nitrogen and oxygen atoms in total. The number of nitro benzene ring substituents is 1. The minimum Gasteiger partial charge on any atom is -0.465 e. The van der Waals surface area contributed by atoms with Crippen LogP contribution in [-0.2, 0) is 0 Å². The van der Waals surface area contributed by atoms with Gasteiger partial charge in [0.15, 0.2) is 0 Å². The summed E-state index contributed by atoms with van der Waals surface area (Å²) in [6.07, 6.45) is 0.763. The summed E-state index contributed by atoms with van der Waals surface area (Å²) >= 11 is 5.85. The first-order valence-electron chi connectivity index (χ1n) is 6.19. The van der Waals surface area contributed by atoms with E-state index in [0.29, 0.717) is 18.0 Å². The summed E-state index contributed by atoms with van der Waals surface area (Å²) in [4.78, 5) is 22.9. The molecule has 8 heteroatoms. The standard InChI is InChI=1S/C12H14ClN3O4/c13-8-4-5-10(16(19)20)9(7-8)14-11-3-1-2-6-15(11)12(17)18/h4-5,7,11,14H,1-3,6H2,(H,17,18). The van der Waals surface area contributed by atoms with Crippen molar-refractivity contribution in [1.29, 1.82) is 0 Å². The molecule has 2 rings (SSSR count). The Morgan fingerprint density at radius 2 is 2.25 bits per heavy atom. The summed E-state index contributed by atoms with van der Waals surface area (Å²) in [6.45, 7) is 0.418. The van der Waals surface area contributed by atoms with E-state index in [1.165, 1.54) is 23.1 Å². The largest absolute Gasteiger partial charge is 0.465 e. The third kappa shape index (κ3) is 3.11. The molecule has 2 N–H and O–H groups in total. The van der Waals surface area contributed by atoms with Crippen LogP contribution in [0.5, 0.6) is 0 Å². The first kappa shape index (κ1) is 14.4. The minimum absolute atomic E-state index is 0.120. The summed E-state index contributed by atoms with van der Waals surface area (Å²) in [7, 11) is 0. The lowest BCUT2D eigenvalue weighted by Crippen LogP contribution is -2.47. The van der Waals surface area contributed by atoms with Crippen LogP contribution >= 0.6 is 11.6 Å². The summed E-state index contributed by atoms with van der Waals surface area (Å²) in [5, 5.41) is 23.4. The third-order valence-electron chi connectivity index (χ3n) is 3.23. The number of anilines is 1. The van der Waals surface area contributed by atoms with Crippen molar-refractivity contribution in [3.8, 4) is 0 Å². The molecule has 20 heavy (non-hydrogen) atoms. The van der Waals surface area contributed by atoms with E-state index in [4.69, 9.17) is 16.7 Å². The number of likely N-dealkylation sites (tertiary alicyclic amines) is 1. The Labute approximate surface area is 120 Å². The molecule has 0 bridgehead atoms. The van der Waals surface area contributed by atoms with Crippen molar-refractivity contribution in [3.05, 3.63) is 33.3 Å². The zero-order chi connectivity index (χ0) is 14.7. The van der Waals surface area contributed by atoms with E-state index in [0.717, 1.165) is 12.8 Å². The van der Waals surface area contributed by atoms with Crippen LogP contribution in [0, 0.1) is 10.1 Å². The Balaban J connectivity index is 2.25. The lowest BCUT2D eigenvalue weighted by Gasteiger charge is -2.34. The van der Waals surface area contributed by atoms with Gasteiger partial charge >= 0.3 is 6.09 Å². The van der Waals surface area contributed by atoms with Gasteiger partial charge in [-0.05, 0) is 31.4 Å². The van der Waals surface area contributed by atoms with Crippen LogP contribution in [-0.4, -0.2) is 33.7 Å². The second kappa shape index (κ2) is 5.96. The molecule has 1 aromatic rings. The van der Waals surface area contributed by atoms with Gasteiger partial charge in [0.25, 0.3) is 5.69 Å². The second-order valence-electron chi connectivity index (χ2n) is 4.55. The first-order valence-corrected chi connectivity index (χ1v) is 6.57.